The van der Waals surface area contributed by atoms with Gasteiger partial charge in [0.2, 0.25) is 5.91 Å². The summed E-state index contributed by atoms with van der Waals surface area (Å²) in [6, 6.07) is 22.4. The summed E-state index contributed by atoms with van der Waals surface area (Å²) in [6.45, 7) is 1.98. The topological polar surface area (TPSA) is 43.8 Å². The van der Waals surface area contributed by atoms with Crippen LogP contribution in [-0.2, 0) is 4.79 Å². The van der Waals surface area contributed by atoms with Crippen molar-refractivity contribution in [3.63, 3.8) is 0 Å². The summed E-state index contributed by atoms with van der Waals surface area (Å²) < 4.78 is 13.6. The lowest BCUT2D eigenvalue weighted by molar-refractivity contribution is -0.133. The monoisotopic (exact) mass is 430 g/mol. The Hall–Kier alpha value is -3.02. The van der Waals surface area contributed by atoms with Gasteiger partial charge in [0.25, 0.3) is 0 Å². The lowest BCUT2D eigenvalue weighted by atomic mass is 9.94. The predicted octanol–water partition coefficient (Wildman–Crippen LogP) is 4.20. The number of carbonyl (C=O) groups excluding carboxylic acids is 1. The summed E-state index contributed by atoms with van der Waals surface area (Å²) in [5.74, 6) is -0.632. The van der Waals surface area contributed by atoms with Crippen molar-refractivity contribution in [3.8, 4) is 11.1 Å². The van der Waals surface area contributed by atoms with E-state index in [0.717, 1.165) is 40.8 Å². The number of rotatable bonds is 5. The number of likely N-dealkylation sites (tertiary alicyclic amines) is 1. The van der Waals surface area contributed by atoms with Crippen LogP contribution in [0.25, 0.3) is 11.1 Å². The molecule has 3 aromatic carbocycles. The van der Waals surface area contributed by atoms with Crippen LogP contribution >= 0.6 is 0 Å². The van der Waals surface area contributed by atoms with E-state index in [1.165, 1.54) is 12.1 Å². The van der Waals surface area contributed by atoms with Crippen molar-refractivity contribution in [2.75, 3.05) is 26.7 Å². The van der Waals surface area contributed by atoms with Crippen LogP contribution in [0.4, 0.5) is 4.39 Å². The van der Waals surface area contributed by atoms with Gasteiger partial charge in [-0.2, -0.15) is 0 Å². The van der Waals surface area contributed by atoms with E-state index in [1.54, 1.807) is 12.1 Å². The molecule has 0 aromatic heterocycles. The third-order valence-electron chi connectivity index (χ3n) is 6.83. The van der Waals surface area contributed by atoms with Crippen molar-refractivity contribution >= 4 is 5.91 Å². The third-order valence-corrected chi connectivity index (χ3v) is 6.83. The maximum Gasteiger partial charge on any atom is 0.234 e. The molecule has 1 aliphatic heterocycles. The van der Waals surface area contributed by atoms with Crippen LogP contribution in [0, 0.1) is 5.82 Å². The molecule has 2 aliphatic rings. The minimum Gasteiger partial charge on any atom is -0.392 e. The minimum atomic E-state index is -0.362. The van der Waals surface area contributed by atoms with E-state index in [9.17, 15) is 14.3 Å². The Bertz CT molecular complexity index is 1090. The van der Waals surface area contributed by atoms with Gasteiger partial charge >= 0.3 is 0 Å². The number of likely N-dealkylation sites (N-methyl/N-ethyl adjacent to an activating group) is 1. The summed E-state index contributed by atoms with van der Waals surface area (Å²) >= 11 is 0. The molecule has 0 saturated carbocycles. The normalized spacial score (nSPS) is 18.9. The third kappa shape index (κ3) is 3.72. The van der Waals surface area contributed by atoms with Gasteiger partial charge in [0.05, 0.1) is 18.1 Å². The summed E-state index contributed by atoms with van der Waals surface area (Å²) in [5, 5.41) is 9.99. The second-order valence-electron chi connectivity index (χ2n) is 8.83. The van der Waals surface area contributed by atoms with Gasteiger partial charge < -0.3 is 10.0 Å². The molecule has 0 spiro atoms. The molecule has 2 atom stereocenters. The van der Waals surface area contributed by atoms with Crippen molar-refractivity contribution < 1.29 is 14.3 Å². The zero-order chi connectivity index (χ0) is 22.2. The maximum absolute atomic E-state index is 14.0. The molecule has 32 heavy (non-hydrogen) atoms. The molecule has 3 aromatic rings. The highest BCUT2D eigenvalue weighted by Gasteiger charge is 2.37. The van der Waals surface area contributed by atoms with Crippen molar-refractivity contribution in [2.24, 2.45) is 0 Å². The zero-order valence-electron chi connectivity index (χ0n) is 18.1. The van der Waals surface area contributed by atoms with Crippen LogP contribution in [-0.4, -0.2) is 53.6 Å². The van der Waals surface area contributed by atoms with Crippen molar-refractivity contribution in [1.82, 2.24) is 9.80 Å². The lowest BCUT2D eigenvalue weighted by Crippen LogP contribution is -2.41. The Morgan fingerprint density at radius 1 is 1.03 bits per heavy atom. The van der Waals surface area contributed by atoms with Gasteiger partial charge in [0.1, 0.15) is 5.82 Å². The highest BCUT2D eigenvalue weighted by molar-refractivity contribution is 5.96. The van der Waals surface area contributed by atoms with Crippen molar-refractivity contribution in [1.29, 1.82) is 0 Å². The SMILES string of the molecule is CN(C(=O)C1c2ccccc2-c2ccccc21)[C@H](CN1CC[C@H](O)C1)c1ccc(F)cc1. The molecule has 1 saturated heterocycles. The van der Waals surface area contributed by atoms with E-state index in [0.29, 0.717) is 13.1 Å². The molecule has 1 fully saturated rings. The largest absolute Gasteiger partial charge is 0.392 e. The summed E-state index contributed by atoms with van der Waals surface area (Å²) in [5.41, 5.74) is 5.16. The number of nitrogens with zero attached hydrogens (tertiary/aromatic N) is 2. The molecule has 0 unspecified atom stereocenters. The van der Waals surface area contributed by atoms with Gasteiger partial charge in [0, 0.05) is 26.7 Å². The van der Waals surface area contributed by atoms with E-state index < -0.39 is 0 Å². The number of benzene rings is 3. The molecule has 1 amide bonds. The second-order valence-corrected chi connectivity index (χ2v) is 8.83. The Kier molecular flexibility index (Phi) is 5.53. The van der Waals surface area contributed by atoms with Crippen LogP contribution in [0.15, 0.2) is 72.8 Å². The summed E-state index contributed by atoms with van der Waals surface area (Å²) in [4.78, 5) is 18.0. The van der Waals surface area contributed by atoms with Gasteiger partial charge in [-0.15, -0.1) is 0 Å². The fourth-order valence-corrected chi connectivity index (χ4v) is 5.14. The fourth-order valence-electron chi connectivity index (χ4n) is 5.14. The van der Waals surface area contributed by atoms with Crippen LogP contribution in [0.3, 0.4) is 0 Å². The predicted molar refractivity (Wildman–Crippen MR) is 123 cm³/mol. The van der Waals surface area contributed by atoms with Crippen molar-refractivity contribution in [3.05, 3.63) is 95.3 Å². The van der Waals surface area contributed by atoms with E-state index >= 15 is 0 Å². The number of halogens is 1. The average molecular weight is 431 g/mol. The van der Waals surface area contributed by atoms with Gasteiger partial charge in [-0.05, 0) is 46.4 Å². The molecule has 5 heteroatoms. The van der Waals surface area contributed by atoms with E-state index in [4.69, 9.17) is 0 Å². The standard InChI is InChI=1S/C27H27FN2O2/c1-29(25(17-30-15-14-20(31)16-30)18-10-12-19(28)13-11-18)27(32)26-23-8-4-2-6-21(23)22-7-3-5-9-24(22)26/h2-13,20,25-26,31H,14-17H2,1H3/t20-,25+/m0/s1. The molecular weight excluding hydrogens is 403 g/mol. The van der Waals surface area contributed by atoms with E-state index in [-0.39, 0.29) is 29.8 Å². The smallest absolute Gasteiger partial charge is 0.234 e. The van der Waals surface area contributed by atoms with Crippen LogP contribution in [0.2, 0.25) is 0 Å². The summed E-state index contributed by atoms with van der Waals surface area (Å²) in [6.07, 6.45) is 0.399. The Labute approximate surface area is 187 Å². The van der Waals surface area contributed by atoms with Crippen LogP contribution in [0.1, 0.15) is 35.1 Å². The molecule has 164 valence electrons. The Morgan fingerprint density at radius 2 is 1.62 bits per heavy atom. The molecule has 1 N–H and O–H groups in total. The molecular formula is C27H27FN2O2. The second kappa shape index (κ2) is 8.49. The molecule has 0 bridgehead atoms. The molecule has 0 radical (unpaired) electrons. The first-order valence-corrected chi connectivity index (χ1v) is 11.1. The van der Waals surface area contributed by atoms with Gasteiger partial charge in [-0.3, -0.25) is 9.69 Å². The Morgan fingerprint density at radius 3 is 2.19 bits per heavy atom. The number of amides is 1. The minimum absolute atomic E-state index is 0.0245. The number of β-amino-alcohol motifs (C(OH)–C–C–N with tert-alkyl or cyclic N) is 1. The maximum atomic E-state index is 14.0. The fraction of sp³-hybridized carbons (Fsp3) is 0.296. The van der Waals surface area contributed by atoms with Crippen LogP contribution in [0.5, 0.6) is 0 Å². The quantitative estimate of drug-likeness (QED) is 0.660. The number of carbonyl (C=O) groups is 1. The zero-order valence-corrected chi connectivity index (χ0v) is 18.1. The Balaban J connectivity index is 1.50. The number of hydrogen-bond acceptors (Lipinski definition) is 3. The molecule has 1 aliphatic carbocycles. The number of aliphatic hydroxyl groups excluding tert-OH is 1. The van der Waals surface area contributed by atoms with Gasteiger partial charge in [-0.1, -0.05) is 60.7 Å². The first-order valence-electron chi connectivity index (χ1n) is 11.1. The first-order chi connectivity index (χ1) is 15.5. The molecule has 5 rings (SSSR count). The van der Waals surface area contributed by atoms with Gasteiger partial charge in [0.15, 0.2) is 0 Å². The first kappa shape index (κ1) is 20.9. The van der Waals surface area contributed by atoms with Crippen molar-refractivity contribution in [2.45, 2.75) is 24.5 Å². The van der Waals surface area contributed by atoms with E-state index in [1.807, 2.05) is 48.3 Å². The highest BCUT2D eigenvalue weighted by Crippen LogP contribution is 2.45. The number of aliphatic hydroxyl groups is 1. The van der Waals surface area contributed by atoms with Crippen LogP contribution < -0.4 is 0 Å². The lowest BCUT2D eigenvalue weighted by Gasteiger charge is -2.34. The number of fused-ring (bicyclic) bond motifs is 3. The van der Waals surface area contributed by atoms with E-state index in [2.05, 4.69) is 17.0 Å². The molecule has 4 nitrogen and oxygen atoms in total. The highest BCUT2D eigenvalue weighted by atomic mass is 19.1. The van der Waals surface area contributed by atoms with Gasteiger partial charge in [-0.25, -0.2) is 4.39 Å². The average Bonchev–Trinajstić information content (AvgIpc) is 3.38. The molecule has 1 heterocycles. The number of hydrogen-bond donors (Lipinski definition) is 1. The summed E-state index contributed by atoms with van der Waals surface area (Å²) in [7, 11) is 1.84.